The van der Waals surface area contributed by atoms with Crippen molar-refractivity contribution in [1.29, 1.82) is 0 Å². The molecule has 0 fully saturated rings. The highest BCUT2D eigenvalue weighted by atomic mass is 16.1. The lowest BCUT2D eigenvalue weighted by molar-refractivity contribution is 0.109. The van der Waals surface area contributed by atoms with E-state index >= 15 is 0 Å². The largest absolute Gasteiger partial charge is 0.399 e. The third kappa shape index (κ3) is 1.43. The monoisotopic (exact) mass is 149 g/mol. The first kappa shape index (κ1) is 7.47. The molecule has 1 aromatic carbocycles. The molecule has 0 aromatic heterocycles. The molecule has 11 heavy (non-hydrogen) atoms. The van der Waals surface area contributed by atoms with Gasteiger partial charge in [0.15, 0.2) is 12.6 Å². The molecule has 3 heteroatoms. The van der Waals surface area contributed by atoms with Crippen LogP contribution in [0.4, 0.5) is 5.69 Å². The van der Waals surface area contributed by atoms with Crippen LogP contribution in [0.25, 0.3) is 0 Å². The summed E-state index contributed by atoms with van der Waals surface area (Å²) in [5.41, 5.74) is 6.57. The van der Waals surface area contributed by atoms with Gasteiger partial charge in [-0.15, -0.1) is 0 Å². The van der Waals surface area contributed by atoms with Crippen molar-refractivity contribution in [2.45, 2.75) is 0 Å². The number of nitrogens with two attached hydrogens (primary N) is 1. The predicted octanol–water partition coefficient (Wildman–Crippen LogP) is 0.894. The molecule has 1 aromatic rings. The smallest absolute Gasteiger partial charge is 0.150 e. The van der Waals surface area contributed by atoms with E-state index in [1.165, 1.54) is 12.1 Å². The summed E-state index contributed by atoms with van der Waals surface area (Å²) in [7, 11) is 0. The van der Waals surface area contributed by atoms with Crippen molar-refractivity contribution < 1.29 is 9.59 Å². The Morgan fingerprint density at radius 2 is 1.73 bits per heavy atom. The summed E-state index contributed by atoms with van der Waals surface area (Å²) in [4.78, 5) is 20.6. The van der Waals surface area contributed by atoms with E-state index in [9.17, 15) is 9.59 Å². The summed E-state index contributed by atoms with van der Waals surface area (Å²) in [5, 5.41) is 0. The van der Waals surface area contributed by atoms with Gasteiger partial charge in [-0.05, 0) is 18.2 Å². The van der Waals surface area contributed by atoms with Crippen LogP contribution in [0.5, 0.6) is 0 Å². The van der Waals surface area contributed by atoms with Crippen LogP contribution < -0.4 is 5.73 Å². The van der Waals surface area contributed by atoms with Gasteiger partial charge in [0.2, 0.25) is 0 Å². The van der Waals surface area contributed by atoms with Crippen LogP contribution in [-0.2, 0) is 0 Å². The van der Waals surface area contributed by atoms with Crippen LogP contribution in [0.2, 0.25) is 0 Å². The highest BCUT2D eigenvalue weighted by Crippen LogP contribution is 2.08. The Bertz CT molecular complexity index is 294. The number of rotatable bonds is 2. The lowest BCUT2D eigenvalue weighted by Gasteiger charge is -1.96. The maximum Gasteiger partial charge on any atom is 0.150 e. The zero-order valence-corrected chi connectivity index (χ0v) is 5.78. The van der Waals surface area contributed by atoms with Crippen LogP contribution >= 0.6 is 0 Å². The zero-order chi connectivity index (χ0) is 8.27. The average molecular weight is 149 g/mol. The second kappa shape index (κ2) is 2.96. The standard InChI is InChI=1S/C8H7NO2/c9-8-2-1-6(4-10)7(3-8)5-11/h1-5H,9H2. The molecule has 0 aliphatic rings. The van der Waals surface area contributed by atoms with E-state index in [1.54, 1.807) is 6.07 Å². The Kier molecular flexibility index (Phi) is 2.01. The average Bonchev–Trinajstić information content (AvgIpc) is 2.04. The SMILES string of the molecule is Nc1ccc(C=O)c(C=O)c1. The molecule has 0 heterocycles. The van der Waals surface area contributed by atoms with Gasteiger partial charge in [-0.3, -0.25) is 9.59 Å². The Labute approximate surface area is 63.8 Å². The number of carbonyl (C=O) groups excluding carboxylic acids is 2. The maximum absolute atomic E-state index is 10.3. The number of anilines is 1. The molecule has 0 saturated carbocycles. The molecular weight excluding hydrogens is 142 g/mol. The number of benzene rings is 1. The summed E-state index contributed by atoms with van der Waals surface area (Å²) >= 11 is 0. The first-order valence-corrected chi connectivity index (χ1v) is 3.08. The van der Waals surface area contributed by atoms with Gasteiger partial charge in [0.25, 0.3) is 0 Å². The molecule has 0 aliphatic carbocycles. The minimum absolute atomic E-state index is 0.333. The second-order valence-corrected chi connectivity index (χ2v) is 2.12. The van der Waals surface area contributed by atoms with Gasteiger partial charge in [-0.2, -0.15) is 0 Å². The first-order chi connectivity index (χ1) is 5.27. The number of carbonyl (C=O) groups is 2. The quantitative estimate of drug-likeness (QED) is 0.501. The van der Waals surface area contributed by atoms with E-state index in [2.05, 4.69) is 0 Å². The van der Waals surface area contributed by atoms with Crippen LogP contribution in [0.15, 0.2) is 18.2 Å². The summed E-state index contributed by atoms with van der Waals surface area (Å²) in [6, 6.07) is 4.57. The van der Waals surface area contributed by atoms with E-state index < -0.39 is 0 Å². The van der Waals surface area contributed by atoms with Gasteiger partial charge < -0.3 is 5.73 Å². The highest BCUT2D eigenvalue weighted by Gasteiger charge is 1.98. The molecule has 2 N–H and O–H groups in total. The minimum Gasteiger partial charge on any atom is -0.399 e. The lowest BCUT2D eigenvalue weighted by Crippen LogP contribution is -1.93. The number of nitrogen functional groups attached to an aromatic ring is 1. The molecule has 0 atom stereocenters. The molecule has 0 spiro atoms. The van der Waals surface area contributed by atoms with E-state index in [1.807, 2.05) is 0 Å². The third-order valence-corrected chi connectivity index (χ3v) is 1.36. The van der Waals surface area contributed by atoms with Crippen LogP contribution in [0.3, 0.4) is 0 Å². The summed E-state index contributed by atoms with van der Waals surface area (Å²) in [5.74, 6) is 0. The van der Waals surface area contributed by atoms with Gasteiger partial charge in [0.1, 0.15) is 0 Å². The summed E-state index contributed by atoms with van der Waals surface area (Å²) in [6.45, 7) is 0. The Morgan fingerprint density at radius 1 is 1.09 bits per heavy atom. The molecule has 0 amide bonds. The van der Waals surface area contributed by atoms with Gasteiger partial charge in [-0.1, -0.05) is 0 Å². The van der Waals surface area contributed by atoms with Crippen molar-refractivity contribution in [2.24, 2.45) is 0 Å². The third-order valence-electron chi connectivity index (χ3n) is 1.36. The molecular formula is C8H7NO2. The van der Waals surface area contributed by atoms with Gasteiger partial charge >= 0.3 is 0 Å². The lowest BCUT2D eigenvalue weighted by atomic mass is 10.1. The molecule has 1 rings (SSSR count). The fourth-order valence-corrected chi connectivity index (χ4v) is 0.803. The topological polar surface area (TPSA) is 60.2 Å². The zero-order valence-electron chi connectivity index (χ0n) is 5.78. The van der Waals surface area contributed by atoms with Gasteiger partial charge in [0, 0.05) is 16.8 Å². The number of hydrogen-bond donors (Lipinski definition) is 1. The van der Waals surface area contributed by atoms with Crippen molar-refractivity contribution in [3.8, 4) is 0 Å². The number of hydrogen-bond acceptors (Lipinski definition) is 3. The van der Waals surface area contributed by atoms with Crippen LogP contribution in [0.1, 0.15) is 20.7 Å². The molecule has 56 valence electrons. The number of aldehydes is 2. The Balaban J connectivity index is 3.26. The molecule has 0 saturated heterocycles. The van der Waals surface area contributed by atoms with Gasteiger partial charge in [0.05, 0.1) is 0 Å². The predicted molar refractivity (Wildman–Crippen MR) is 41.6 cm³/mol. The van der Waals surface area contributed by atoms with E-state index in [0.717, 1.165) is 0 Å². The van der Waals surface area contributed by atoms with Crippen molar-refractivity contribution >= 4 is 18.3 Å². The molecule has 0 unspecified atom stereocenters. The highest BCUT2D eigenvalue weighted by molar-refractivity contribution is 5.91. The minimum atomic E-state index is 0.333. The van der Waals surface area contributed by atoms with Crippen LogP contribution in [-0.4, -0.2) is 12.6 Å². The summed E-state index contributed by atoms with van der Waals surface area (Å²) < 4.78 is 0. The molecule has 0 radical (unpaired) electrons. The fourth-order valence-electron chi connectivity index (χ4n) is 0.803. The van der Waals surface area contributed by atoms with Gasteiger partial charge in [-0.25, -0.2) is 0 Å². The Hall–Kier alpha value is -1.64. The summed E-state index contributed by atoms with van der Waals surface area (Å²) in [6.07, 6.45) is 1.24. The van der Waals surface area contributed by atoms with Crippen molar-refractivity contribution in [3.63, 3.8) is 0 Å². The Morgan fingerprint density at radius 3 is 2.27 bits per heavy atom. The molecule has 0 aliphatic heterocycles. The second-order valence-electron chi connectivity index (χ2n) is 2.12. The van der Waals surface area contributed by atoms with Crippen molar-refractivity contribution in [3.05, 3.63) is 29.3 Å². The van der Waals surface area contributed by atoms with E-state index in [0.29, 0.717) is 29.4 Å². The van der Waals surface area contributed by atoms with Crippen molar-refractivity contribution in [1.82, 2.24) is 0 Å². The van der Waals surface area contributed by atoms with E-state index in [-0.39, 0.29) is 0 Å². The fraction of sp³-hybridized carbons (Fsp3) is 0. The van der Waals surface area contributed by atoms with Crippen molar-refractivity contribution in [2.75, 3.05) is 5.73 Å². The normalized spacial score (nSPS) is 9.09. The van der Waals surface area contributed by atoms with Crippen LogP contribution in [0, 0.1) is 0 Å². The molecule has 3 nitrogen and oxygen atoms in total. The first-order valence-electron chi connectivity index (χ1n) is 3.08. The van der Waals surface area contributed by atoms with E-state index in [4.69, 9.17) is 5.73 Å². The maximum atomic E-state index is 10.3. The molecule has 0 bridgehead atoms.